The summed E-state index contributed by atoms with van der Waals surface area (Å²) in [6.45, 7) is 3.93. The summed E-state index contributed by atoms with van der Waals surface area (Å²) >= 11 is 0. The van der Waals surface area contributed by atoms with Crippen LogP contribution in [0.25, 0.3) is 0 Å². The van der Waals surface area contributed by atoms with Crippen LogP contribution in [0.2, 0.25) is 0 Å². The molecule has 0 amide bonds. The Hall–Kier alpha value is -4.37. The first-order valence-corrected chi connectivity index (χ1v) is 30.7. The van der Waals surface area contributed by atoms with Crippen LogP contribution in [0.5, 0.6) is 0 Å². The summed E-state index contributed by atoms with van der Waals surface area (Å²) in [6, 6.07) is 0. The largest absolute Gasteiger partial charge is 0.756 e. The molecule has 0 aromatic heterocycles. The minimum Gasteiger partial charge on any atom is -0.756 e. The molecule has 0 N–H and O–H groups in total. The summed E-state index contributed by atoms with van der Waals surface area (Å²) in [5.41, 5.74) is 0. The van der Waals surface area contributed by atoms with E-state index in [0.29, 0.717) is 23.9 Å². The third-order valence-corrected chi connectivity index (χ3v) is 12.5. The maximum absolute atomic E-state index is 12.8. The van der Waals surface area contributed by atoms with Crippen LogP contribution in [0.15, 0.2) is 158 Å². The molecule has 2 atom stereocenters. The number of carbonyl (C=O) groups is 2. The number of hydrogen-bond donors (Lipinski definition) is 0. The number of allylic oxidation sites excluding steroid dienone is 26. The van der Waals surface area contributed by atoms with Crippen molar-refractivity contribution in [3.05, 3.63) is 158 Å². The summed E-state index contributed by atoms with van der Waals surface area (Å²) in [5, 5.41) is 0. The average Bonchev–Trinajstić information content (AvgIpc) is 3.38. The second kappa shape index (κ2) is 55.4. The molecule has 2 unspecified atom stereocenters. The molecule has 0 rings (SSSR count). The molecule has 0 saturated carbocycles. The van der Waals surface area contributed by atoms with Crippen molar-refractivity contribution in [2.75, 3.05) is 47.5 Å². The number of quaternary nitrogens is 1. The maximum atomic E-state index is 12.8. The van der Waals surface area contributed by atoms with Gasteiger partial charge >= 0.3 is 11.9 Å². The lowest BCUT2D eigenvalue weighted by Gasteiger charge is -2.28. The molecule has 0 aliphatic carbocycles. The van der Waals surface area contributed by atoms with Gasteiger partial charge in [0.1, 0.15) is 19.8 Å². The van der Waals surface area contributed by atoms with Crippen LogP contribution >= 0.6 is 7.82 Å². The van der Waals surface area contributed by atoms with E-state index in [1.54, 1.807) is 0 Å². The fourth-order valence-corrected chi connectivity index (χ4v) is 7.84. The molecule has 0 aliphatic rings. The average molecular weight is 1070 g/mol. The first-order chi connectivity index (χ1) is 37.0. The number of phosphoric acid groups is 1. The van der Waals surface area contributed by atoms with Crippen molar-refractivity contribution >= 4 is 19.8 Å². The zero-order chi connectivity index (χ0) is 55.6. The minimum absolute atomic E-state index is 0.0489. The van der Waals surface area contributed by atoms with Gasteiger partial charge < -0.3 is 27.9 Å². The molecule has 0 heterocycles. The van der Waals surface area contributed by atoms with Crippen LogP contribution in [-0.4, -0.2) is 70.0 Å². The maximum Gasteiger partial charge on any atom is 0.306 e. The molecule has 0 aromatic rings. The molecule has 76 heavy (non-hydrogen) atoms. The molecule has 0 saturated heterocycles. The lowest BCUT2D eigenvalue weighted by Crippen LogP contribution is -2.37. The molecular formula is C66H106NO8P. The van der Waals surface area contributed by atoms with Gasteiger partial charge in [0.25, 0.3) is 7.82 Å². The molecule has 428 valence electrons. The Morgan fingerprint density at radius 3 is 1.07 bits per heavy atom. The molecule has 0 aromatic carbocycles. The highest BCUT2D eigenvalue weighted by atomic mass is 31.2. The third-order valence-electron chi connectivity index (χ3n) is 11.5. The fourth-order valence-electron chi connectivity index (χ4n) is 7.11. The molecular weight excluding hydrogens is 966 g/mol. The van der Waals surface area contributed by atoms with Crippen LogP contribution in [0.4, 0.5) is 0 Å². The molecule has 0 radical (unpaired) electrons. The normalized spacial score (nSPS) is 14.4. The molecule has 0 aliphatic heterocycles. The Morgan fingerprint density at radius 1 is 0.408 bits per heavy atom. The van der Waals surface area contributed by atoms with Crippen molar-refractivity contribution in [2.45, 2.75) is 200 Å². The topological polar surface area (TPSA) is 111 Å². The van der Waals surface area contributed by atoms with Gasteiger partial charge in [-0.05, 0) is 122 Å². The van der Waals surface area contributed by atoms with E-state index in [1.165, 1.54) is 25.7 Å². The van der Waals surface area contributed by atoms with Crippen molar-refractivity contribution < 1.29 is 42.1 Å². The number of ether oxygens (including phenoxy) is 2. The van der Waals surface area contributed by atoms with Crippen molar-refractivity contribution in [1.29, 1.82) is 0 Å². The van der Waals surface area contributed by atoms with E-state index in [1.807, 2.05) is 21.1 Å². The van der Waals surface area contributed by atoms with Gasteiger partial charge in [0.05, 0.1) is 27.7 Å². The second-order valence-corrected chi connectivity index (χ2v) is 21.3. The van der Waals surface area contributed by atoms with Crippen molar-refractivity contribution in [1.82, 2.24) is 0 Å². The highest BCUT2D eigenvalue weighted by molar-refractivity contribution is 7.45. The zero-order valence-electron chi connectivity index (χ0n) is 48.4. The Morgan fingerprint density at radius 2 is 0.711 bits per heavy atom. The third kappa shape index (κ3) is 58.9. The van der Waals surface area contributed by atoms with E-state index in [4.69, 9.17) is 18.5 Å². The predicted octanol–water partition coefficient (Wildman–Crippen LogP) is 17.8. The molecule has 0 fully saturated rings. The highest BCUT2D eigenvalue weighted by Gasteiger charge is 2.21. The number of rotatable bonds is 51. The monoisotopic (exact) mass is 1070 g/mol. The van der Waals surface area contributed by atoms with Crippen LogP contribution in [0, 0.1) is 0 Å². The number of esters is 2. The summed E-state index contributed by atoms with van der Waals surface area (Å²) in [7, 11) is 1.11. The van der Waals surface area contributed by atoms with E-state index in [-0.39, 0.29) is 26.1 Å². The Kier molecular flexibility index (Phi) is 52.2. The number of hydrogen-bond acceptors (Lipinski definition) is 8. The van der Waals surface area contributed by atoms with Crippen LogP contribution in [0.1, 0.15) is 194 Å². The van der Waals surface area contributed by atoms with Gasteiger partial charge in [-0.2, -0.15) is 0 Å². The standard InChI is InChI=1S/C66H106NO8P/c1-6-8-10-12-14-16-18-20-22-24-26-28-29-30-31-32-33-34-35-36-37-39-41-43-45-47-49-51-53-55-57-59-66(69)75-64(63-74-76(70,71)73-61-60-67(3,4)5)62-72-65(68)58-56-54-52-50-48-46-44-42-40-38-27-25-23-21-19-17-15-13-11-9-7-2/h8-11,14-17,20-23,26-28,30-31,33-34,36-38,41,43,47,49,64H,6-7,12-13,18-19,24-25,29,32,35,39-40,42,44-46,48,50-63H2,1-5H3/b10-8-,11-9-,16-14-,17-15-,22-20-,23-21-,28-26-,31-30-,34-33-,37-36-,38-27-,43-41-,49-47-. The minimum atomic E-state index is -4.66. The molecule has 0 spiro atoms. The molecule has 10 heteroatoms. The highest BCUT2D eigenvalue weighted by Crippen LogP contribution is 2.38. The van der Waals surface area contributed by atoms with Gasteiger partial charge in [0.2, 0.25) is 0 Å². The number of carbonyl (C=O) groups excluding carboxylic acids is 2. The lowest BCUT2D eigenvalue weighted by molar-refractivity contribution is -0.870. The predicted molar refractivity (Wildman–Crippen MR) is 323 cm³/mol. The quantitative estimate of drug-likeness (QED) is 0.0195. The fraction of sp³-hybridized carbons (Fsp3) is 0.576. The molecule has 9 nitrogen and oxygen atoms in total. The van der Waals surface area contributed by atoms with Gasteiger partial charge in [-0.15, -0.1) is 0 Å². The number of nitrogens with zero attached hydrogens (tertiary/aromatic N) is 1. The van der Waals surface area contributed by atoms with E-state index in [0.717, 1.165) is 128 Å². The second-order valence-electron chi connectivity index (χ2n) is 19.9. The molecule has 0 bridgehead atoms. The number of likely N-dealkylation sites (N-methyl/N-ethyl adjacent to an activating group) is 1. The van der Waals surface area contributed by atoms with Crippen LogP contribution < -0.4 is 4.89 Å². The van der Waals surface area contributed by atoms with Crippen LogP contribution in [0.3, 0.4) is 0 Å². The van der Waals surface area contributed by atoms with Gasteiger partial charge in [-0.25, -0.2) is 0 Å². The van der Waals surface area contributed by atoms with Crippen molar-refractivity contribution in [3.8, 4) is 0 Å². The Balaban J connectivity index is 4.32. The lowest BCUT2D eigenvalue weighted by atomic mass is 10.1. The summed E-state index contributed by atoms with van der Waals surface area (Å²) in [5.74, 6) is -0.896. The van der Waals surface area contributed by atoms with E-state index in [9.17, 15) is 19.0 Å². The first-order valence-electron chi connectivity index (χ1n) is 29.2. The smallest absolute Gasteiger partial charge is 0.306 e. The number of phosphoric ester groups is 1. The van der Waals surface area contributed by atoms with E-state index in [2.05, 4.69) is 172 Å². The van der Waals surface area contributed by atoms with E-state index >= 15 is 0 Å². The van der Waals surface area contributed by atoms with Gasteiger partial charge in [-0.3, -0.25) is 14.2 Å². The Bertz CT molecular complexity index is 1840. The number of unbranched alkanes of at least 4 members (excludes halogenated alkanes) is 11. The van der Waals surface area contributed by atoms with E-state index < -0.39 is 32.5 Å². The summed E-state index contributed by atoms with van der Waals surface area (Å²) < 4.78 is 34.1. The van der Waals surface area contributed by atoms with Gasteiger partial charge in [0.15, 0.2) is 6.10 Å². The van der Waals surface area contributed by atoms with Gasteiger partial charge in [0, 0.05) is 12.8 Å². The van der Waals surface area contributed by atoms with Crippen LogP contribution in [-0.2, 0) is 32.7 Å². The van der Waals surface area contributed by atoms with Crippen molar-refractivity contribution in [2.24, 2.45) is 0 Å². The SMILES string of the molecule is CC/C=C\C/C=C\C/C=C\C/C=C\C/C=C\C/C=C\C/C=C\C/C=C\C/C=C\CCCCCC(=O)OC(COC(=O)CCCCCCCCCC/C=C\C/C=C\C/C=C\C/C=C\CC)COP(=O)([O-])OCC[N+](C)(C)C. The first kappa shape index (κ1) is 71.6. The summed E-state index contributed by atoms with van der Waals surface area (Å²) in [4.78, 5) is 37.9. The van der Waals surface area contributed by atoms with Gasteiger partial charge in [-0.1, -0.05) is 217 Å². The summed E-state index contributed by atoms with van der Waals surface area (Å²) in [6.07, 6.45) is 82.8. The zero-order valence-corrected chi connectivity index (χ0v) is 49.3. The Labute approximate surface area is 465 Å². The van der Waals surface area contributed by atoms with Crippen molar-refractivity contribution in [3.63, 3.8) is 0 Å².